The zero-order valence-corrected chi connectivity index (χ0v) is 18.8. The molecule has 0 spiro atoms. The second-order valence-electron chi connectivity index (χ2n) is 8.79. The van der Waals surface area contributed by atoms with Gasteiger partial charge in [0.1, 0.15) is 5.60 Å². The maximum absolute atomic E-state index is 12.4. The third-order valence-corrected chi connectivity index (χ3v) is 5.01. The van der Waals surface area contributed by atoms with E-state index in [2.05, 4.69) is 20.5 Å². The SMILES string of the molecule is CC(C)(C)OC(=O)Nc1ccc(N)cc1NC(=O)OCC1CCN(c2ccncc2)CC1. The largest absolute Gasteiger partial charge is 0.449 e. The van der Waals surface area contributed by atoms with E-state index in [0.717, 1.165) is 31.6 Å². The van der Waals surface area contributed by atoms with Crippen molar-refractivity contribution in [3.05, 3.63) is 42.7 Å². The number of nitrogens with zero attached hydrogens (tertiary/aromatic N) is 2. The summed E-state index contributed by atoms with van der Waals surface area (Å²) in [6.07, 6.45) is 4.21. The number of nitrogens with two attached hydrogens (primary N) is 1. The Kier molecular flexibility index (Phi) is 7.40. The topological polar surface area (TPSA) is 119 Å². The van der Waals surface area contributed by atoms with Crippen molar-refractivity contribution in [1.29, 1.82) is 0 Å². The number of aromatic nitrogens is 1. The molecule has 1 aliphatic rings. The second kappa shape index (κ2) is 10.2. The summed E-state index contributed by atoms with van der Waals surface area (Å²) in [7, 11) is 0. The normalized spacial score (nSPS) is 14.5. The van der Waals surface area contributed by atoms with Crippen molar-refractivity contribution in [2.75, 3.05) is 41.0 Å². The number of nitrogen functional groups attached to an aromatic ring is 1. The monoisotopic (exact) mass is 441 g/mol. The van der Waals surface area contributed by atoms with Crippen LogP contribution in [0.3, 0.4) is 0 Å². The molecule has 3 rings (SSSR count). The molecule has 9 nitrogen and oxygen atoms in total. The first-order valence-electron chi connectivity index (χ1n) is 10.7. The summed E-state index contributed by atoms with van der Waals surface area (Å²) in [6.45, 7) is 7.44. The smallest absolute Gasteiger partial charge is 0.412 e. The molecule has 1 aromatic carbocycles. The fraction of sp³-hybridized carbons (Fsp3) is 0.435. The predicted molar refractivity (Wildman–Crippen MR) is 125 cm³/mol. The van der Waals surface area contributed by atoms with E-state index in [4.69, 9.17) is 15.2 Å². The Morgan fingerprint density at radius 2 is 1.72 bits per heavy atom. The van der Waals surface area contributed by atoms with E-state index in [1.165, 1.54) is 0 Å². The fourth-order valence-electron chi connectivity index (χ4n) is 3.44. The molecule has 32 heavy (non-hydrogen) atoms. The fourth-order valence-corrected chi connectivity index (χ4v) is 3.44. The Balaban J connectivity index is 1.50. The van der Waals surface area contributed by atoms with Crippen molar-refractivity contribution in [2.24, 2.45) is 5.92 Å². The van der Waals surface area contributed by atoms with Crippen LogP contribution in [0.2, 0.25) is 0 Å². The van der Waals surface area contributed by atoms with Crippen LogP contribution in [0, 0.1) is 5.92 Å². The minimum Gasteiger partial charge on any atom is -0.449 e. The summed E-state index contributed by atoms with van der Waals surface area (Å²) >= 11 is 0. The lowest BCUT2D eigenvalue weighted by molar-refractivity contribution is 0.0636. The van der Waals surface area contributed by atoms with Gasteiger partial charge in [0, 0.05) is 36.9 Å². The third-order valence-electron chi connectivity index (χ3n) is 5.01. The lowest BCUT2D eigenvalue weighted by Crippen LogP contribution is -2.35. The van der Waals surface area contributed by atoms with Gasteiger partial charge in [-0.05, 0) is 69.9 Å². The molecule has 4 N–H and O–H groups in total. The minimum atomic E-state index is -0.641. The number of carbonyl (C=O) groups excluding carboxylic acids is 2. The first-order chi connectivity index (χ1) is 15.2. The highest BCUT2D eigenvalue weighted by atomic mass is 16.6. The van der Waals surface area contributed by atoms with E-state index in [1.54, 1.807) is 51.4 Å². The number of piperidine rings is 1. The van der Waals surface area contributed by atoms with Crippen LogP contribution >= 0.6 is 0 Å². The molecule has 1 aromatic heterocycles. The van der Waals surface area contributed by atoms with Crippen molar-refractivity contribution in [1.82, 2.24) is 4.98 Å². The summed E-state index contributed by atoms with van der Waals surface area (Å²) in [5.41, 5.74) is 7.51. The van der Waals surface area contributed by atoms with Crippen molar-refractivity contribution < 1.29 is 19.1 Å². The van der Waals surface area contributed by atoms with Gasteiger partial charge in [0.25, 0.3) is 0 Å². The molecule has 1 aliphatic heterocycles. The van der Waals surface area contributed by atoms with Crippen molar-refractivity contribution in [3.63, 3.8) is 0 Å². The van der Waals surface area contributed by atoms with Crippen LogP contribution in [0.4, 0.5) is 32.3 Å². The van der Waals surface area contributed by atoms with Gasteiger partial charge in [-0.1, -0.05) is 0 Å². The Hall–Kier alpha value is -3.49. The number of nitrogens with one attached hydrogen (secondary N) is 2. The number of benzene rings is 1. The number of rotatable bonds is 5. The summed E-state index contributed by atoms with van der Waals surface area (Å²) in [5, 5.41) is 5.29. The summed E-state index contributed by atoms with van der Waals surface area (Å²) in [6, 6.07) is 8.78. The van der Waals surface area contributed by atoms with Gasteiger partial charge in [0.05, 0.1) is 18.0 Å². The van der Waals surface area contributed by atoms with Crippen molar-refractivity contribution >= 4 is 34.9 Å². The summed E-state index contributed by atoms with van der Waals surface area (Å²) in [5.74, 6) is 0.291. The molecule has 2 aromatic rings. The van der Waals surface area contributed by atoms with E-state index in [0.29, 0.717) is 29.6 Å². The van der Waals surface area contributed by atoms with Gasteiger partial charge in [-0.25, -0.2) is 9.59 Å². The quantitative estimate of drug-likeness (QED) is 0.586. The van der Waals surface area contributed by atoms with Crippen LogP contribution in [0.25, 0.3) is 0 Å². The highest BCUT2D eigenvalue weighted by Crippen LogP contribution is 2.26. The number of pyridine rings is 1. The number of anilines is 4. The lowest BCUT2D eigenvalue weighted by Gasteiger charge is -2.33. The first-order valence-corrected chi connectivity index (χ1v) is 10.7. The third kappa shape index (κ3) is 7.04. The lowest BCUT2D eigenvalue weighted by atomic mass is 9.97. The van der Waals surface area contributed by atoms with Gasteiger partial charge in [0.2, 0.25) is 0 Å². The van der Waals surface area contributed by atoms with E-state index in [9.17, 15) is 9.59 Å². The van der Waals surface area contributed by atoms with E-state index >= 15 is 0 Å². The number of ether oxygens (including phenoxy) is 2. The van der Waals surface area contributed by atoms with Gasteiger partial charge in [-0.15, -0.1) is 0 Å². The molecule has 9 heteroatoms. The first kappa shape index (κ1) is 23.2. The van der Waals surface area contributed by atoms with E-state index in [-0.39, 0.29) is 0 Å². The average Bonchev–Trinajstić information content (AvgIpc) is 2.74. The zero-order valence-electron chi connectivity index (χ0n) is 18.8. The Labute approximate surface area is 188 Å². The molecule has 2 amide bonds. The zero-order chi connectivity index (χ0) is 23.1. The molecule has 0 radical (unpaired) electrons. The van der Waals surface area contributed by atoms with Crippen LogP contribution in [-0.4, -0.2) is 42.5 Å². The number of hydrogen-bond donors (Lipinski definition) is 3. The van der Waals surface area contributed by atoms with Crippen LogP contribution in [0.15, 0.2) is 42.7 Å². The van der Waals surface area contributed by atoms with Crippen molar-refractivity contribution in [3.8, 4) is 0 Å². The van der Waals surface area contributed by atoms with Gasteiger partial charge >= 0.3 is 12.2 Å². The average molecular weight is 442 g/mol. The minimum absolute atomic E-state index is 0.291. The highest BCUT2D eigenvalue weighted by Gasteiger charge is 2.22. The number of carbonyl (C=O) groups is 2. The highest BCUT2D eigenvalue weighted by molar-refractivity contribution is 5.96. The standard InChI is InChI=1S/C23H31N5O4/c1-23(2,3)32-22(30)26-19-5-4-17(24)14-20(19)27-21(29)31-15-16-8-12-28(13-9-16)18-6-10-25-11-7-18/h4-7,10-11,14,16H,8-9,12-13,15,24H2,1-3H3,(H,26,30)(H,27,29). The predicted octanol–water partition coefficient (Wildman–Crippen LogP) is 4.48. The van der Waals surface area contributed by atoms with Crippen LogP contribution in [0.5, 0.6) is 0 Å². The summed E-state index contributed by atoms with van der Waals surface area (Å²) < 4.78 is 10.7. The van der Waals surface area contributed by atoms with Crippen molar-refractivity contribution in [2.45, 2.75) is 39.2 Å². The number of amides is 2. The molecule has 172 valence electrons. The molecule has 1 saturated heterocycles. The van der Waals surface area contributed by atoms with Crippen LogP contribution in [0.1, 0.15) is 33.6 Å². The maximum atomic E-state index is 12.4. The molecule has 0 atom stereocenters. The molecule has 2 heterocycles. The van der Waals surface area contributed by atoms with Crippen LogP contribution in [-0.2, 0) is 9.47 Å². The molecule has 0 saturated carbocycles. The Bertz CT molecular complexity index is 922. The molecule has 0 unspecified atom stereocenters. The molecule has 1 fully saturated rings. The maximum Gasteiger partial charge on any atom is 0.412 e. The van der Waals surface area contributed by atoms with Gasteiger partial charge < -0.3 is 20.1 Å². The molecular weight excluding hydrogens is 410 g/mol. The summed E-state index contributed by atoms with van der Waals surface area (Å²) in [4.78, 5) is 30.8. The van der Waals surface area contributed by atoms with Crippen LogP contribution < -0.4 is 21.3 Å². The van der Waals surface area contributed by atoms with Gasteiger partial charge in [-0.2, -0.15) is 0 Å². The second-order valence-corrected chi connectivity index (χ2v) is 8.79. The Morgan fingerprint density at radius 1 is 1.06 bits per heavy atom. The Morgan fingerprint density at radius 3 is 2.38 bits per heavy atom. The molecular formula is C23H31N5O4. The van der Waals surface area contributed by atoms with E-state index < -0.39 is 17.8 Å². The van der Waals surface area contributed by atoms with E-state index in [1.807, 2.05) is 12.1 Å². The van der Waals surface area contributed by atoms with Gasteiger partial charge in [0.15, 0.2) is 0 Å². The molecule has 0 aliphatic carbocycles. The van der Waals surface area contributed by atoms with Gasteiger partial charge in [-0.3, -0.25) is 15.6 Å². The molecule has 0 bridgehead atoms. The number of hydrogen-bond acceptors (Lipinski definition) is 7.